The number of nitrogens with zero attached hydrogens (tertiary/aromatic N) is 2. The van der Waals surface area contributed by atoms with Gasteiger partial charge in [-0.25, -0.2) is 9.59 Å². The van der Waals surface area contributed by atoms with Gasteiger partial charge in [-0.1, -0.05) is 12.1 Å². The van der Waals surface area contributed by atoms with Crippen molar-refractivity contribution in [2.75, 3.05) is 13.2 Å². The van der Waals surface area contributed by atoms with E-state index in [1.165, 1.54) is 0 Å². The van der Waals surface area contributed by atoms with Crippen LogP contribution in [0.1, 0.15) is 39.2 Å². The highest BCUT2D eigenvalue weighted by atomic mass is 32.1. The predicted molar refractivity (Wildman–Crippen MR) is 102 cm³/mol. The summed E-state index contributed by atoms with van der Waals surface area (Å²) in [5, 5.41) is 3.12. The van der Waals surface area contributed by atoms with Crippen molar-refractivity contribution < 1.29 is 19.1 Å². The number of aromatic nitrogens is 2. The van der Waals surface area contributed by atoms with Crippen LogP contribution in [-0.2, 0) is 19.1 Å². The summed E-state index contributed by atoms with van der Waals surface area (Å²) < 4.78 is 19.2. The average molecular weight is 387 g/mol. The van der Waals surface area contributed by atoms with Gasteiger partial charge in [0.2, 0.25) is 0 Å². The molecular formula is C19H21N3O4S. The molecule has 1 N–H and O–H groups in total. The second-order valence-electron chi connectivity index (χ2n) is 6.06. The Bertz CT molecular complexity index is 921. The molecule has 1 aromatic carbocycles. The van der Waals surface area contributed by atoms with E-state index in [1.807, 2.05) is 18.2 Å². The Hall–Kier alpha value is -2.74. The minimum atomic E-state index is -0.642. The fourth-order valence-electron chi connectivity index (χ4n) is 3.32. The molecule has 0 saturated carbocycles. The number of fused-ring (bicyclic) bond motifs is 1. The normalized spacial score (nSPS) is 15.1. The Morgan fingerprint density at radius 1 is 1.04 bits per heavy atom. The van der Waals surface area contributed by atoms with Crippen LogP contribution in [0.2, 0.25) is 0 Å². The molecule has 2 heterocycles. The number of benzene rings is 1. The largest absolute Gasteiger partial charge is 0.463 e. The molecule has 0 spiro atoms. The summed E-state index contributed by atoms with van der Waals surface area (Å²) in [7, 11) is 0. The second-order valence-corrected chi connectivity index (χ2v) is 6.58. The van der Waals surface area contributed by atoms with Gasteiger partial charge in [0.05, 0.1) is 42.0 Å². The molecule has 142 valence electrons. The third kappa shape index (κ3) is 3.44. The summed E-state index contributed by atoms with van der Waals surface area (Å²) >= 11 is 1.09. The van der Waals surface area contributed by atoms with E-state index >= 15 is 0 Å². The SMILES string of the molecule is CCOC(=O)C1=C(C)NC(C)=C(C(=O)OCC)C1c1cccc2nsnc12. The molecule has 0 unspecified atom stereocenters. The van der Waals surface area contributed by atoms with E-state index in [4.69, 9.17) is 9.47 Å². The van der Waals surface area contributed by atoms with Crippen LogP contribution < -0.4 is 5.32 Å². The first-order valence-electron chi connectivity index (χ1n) is 8.73. The standard InChI is InChI=1S/C19H21N3O4S/c1-5-25-18(23)14-10(3)20-11(4)15(19(24)26-6-2)16(14)12-8-7-9-13-17(12)22-27-21-13/h7-9,16,20H,5-6H2,1-4H3. The quantitative estimate of drug-likeness (QED) is 0.789. The maximum atomic E-state index is 12.8. The molecule has 8 heteroatoms. The molecule has 1 aliphatic rings. The van der Waals surface area contributed by atoms with E-state index in [9.17, 15) is 9.59 Å². The van der Waals surface area contributed by atoms with Gasteiger partial charge in [-0.05, 0) is 39.3 Å². The first-order valence-corrected chi connectivity index (χ1v) is 9.46. The molecule has 0 amide bonds. The summed E-state index contributed by atoms with van der Waals surface area (Å²) in [5.74, 6) is -1.58. The van der Waals surface area contributed by atoms with Gasteiger partial charge in [0.25, 0.3) is 0 Å². The maximum Gasteiger partial charge on any atom is 0.336 e. The Morgan fingerprint density at radius 3 is 2.19 bits per heavy atom. The number of carbonyl (C=O) groups is 2. The number of hydrogen-bond donors (Lipinski definition) is 1. The van der Waals surface area contributed by atoms with Crippen molar-refractivity contribution in [3.8, 4) is 0 Å². The lowest BCUT2D eigenvalue weighted by molar-refractivity contribution is -0.139. The summed E-state index contributed by atoms with van der Waals surface area (Å²) in [6.45, 7) is 7.56. The second kappa shape index (κ2) is 7.87. The molecule has 0 aliphatic carbocycles. The van der Waals surface area contributed by atoms with Crippen molar-refractivity contribution in [3.63, 3.8) is 0 Å². The van der Waals surface area contributed by atoms with Gasteiger partial charge >= 0.3 is 11.9 Å². The lowest BCUT2D eigenvalue weighted by Crippen LogP contribution is -2.32. The summed E-state index contributed by atoms with van der Waals surface area (Å²) in [4.78, 5) is 25.5. The third-order valence-electron chi connectivity index (χ3n) is 4.38. The number of allylic oxidation sites excluding steroid dienone is 2. The van der Waals surface area contributed by atoms with Crippen LogP contribution in [0.15, 0.2) is 40.7 Å². The molecule has 0 radical (unpaired) electrons. The van der Waals surface area contributed by atoms with Crippen LogP contribution in [0.5, 0.6) is 0 Å². The first kappa shape index (κ1) is 19.0. The van der Waals surface area contributed by atoms with E-state index in [2.05, 4.69) is 14.1 Å². The van der Waals surface area contributed by atoms with Crippen LogP contribution in [-0.4, -0.2) is 33.9 Å². The monoisotopic (exact) mass is 387 g/mol. The number of rotatable bonds is 5. The topological polar surface area (TPSA) is 90.4 Å². The van der Waals surface area contributed by atoms with Gasteiger partial charge in [0, 0.05) is 11.4 Å². The predicted octanol–water partition coefficient (Wildman–Crippen LogP) is 3.05. The highest BCUT2D eigenvalue weighted by Gasteiger charge is 2.39. The molecule has 0 fully saturated rings. The minimum Gasteiger partial charge on any atom is -0.463 e. The lowest BCUT2D eigenvalue weighted by atomic mass is 9.80. The smallest absolute Gasteiger partial charge is 0.336 e. The molecule has 0 bridgehead atoms. The zero-order valence-corrected chi connectivity index (χ0v) is 16.5. The van der Waals surface area contributed by atoms with Gasteiger partial charge in [-0.2, -0.15) is 8.75 Å². The van der Waals surface area contributed by atoms with Crippen molar-refractivity contribution in [2.24, 2.45) is 0 Å². The van der Waals surface area contributed by atoms with E-state index in [1.54, 1.807) is 27.7 Å². The number of esters is 2. The number of carbonyl (C=O) groups excluding carboxylic acids is 2. The number of ether oxygens (including phenoxy) is 2. The van der Waals surface area contributed by atoms with E-state index in [0.717, 1.165) is 22.8 Å². The summed E-state index contributed by atoms with van der Waals surface area (Å²) in [6.07, 6.45) is 0. The van der Waals surface area contributed by atoms with Crippen molar-refractivity contribution in [1.29, 1.82) is 0 Å². The van der Waals surface area contributed by atoms with Crippen molar-refractivity contribution in [2.45, 2.75) is 33.6 Å². The molecule has 27 heavy (non-hydrogen) atoms. The maximum absolute atomic E-state index is 12.8. The fourth-order valence-corrected chi connectivity index (χ4v) is 3.88. The highest BCUT2D eigenvalue weighted by Crippen LogP contribution is 2.41. The Kier molecular flexibility index (Phi) is 5.55. The molecule has 2 aromatic rings. The van der Waals surface area contributed by atoms with Crippen molar-refractivity contribution in [1.82, 2.24) is 14.1 Å². The minimum absolute atomic E-state index is 0.238. The summed E-state index contributed by atoms with van der Waals surface area (Å²) in [5.41, 5.74) is 4.16. The van der Waals surface area contributed by atoms with E-state index in [-0.39, 0.29) is 13.2 Å². The zero-order valence-electron chi connectivity index (χ0n) is 15.7. The van der Waals surface area contributed by atoms with E-state index < -0.39 is 17.9 Å². The molecular weight excluding hydrogens is 366 g/mol. The average Bonchev–Trinajstić information content (AvgIpc) is 3.10. The molecule has 0 saturated heterocycles. The summed E-state index contributed by atoms with van der Waals surface area (Å²) in [6, 6.07) is 5.56. The Labute approximate surface area is 161 Å². The van der Waals surface area contributed by atoms with Gasteiger partial charge in [-0.15, -0.1) is 0 Å². The van der Waals surface area contributed by atoms with Crippen LogP contribution in [0.25, 0.3) is 11.0 Å². The Balaban J connectivity index is 2.25. The molecule has 0 atom stereocenters. The Morgan fingerprint density at radius 2 is 1.63 bits per heavy atom. The lowest BCUT2D eigenvalue weighted by Gasteiger charge is -2.30. The molecule has 1 aliphatic heterocycles. The van der Waals surface area contributed by atoms with Crippen molar-refractivity contribution >= 4 is 34.7 Å². The molecule has 7 nitrogen and oxygen atoms in total. The van der Waals surface area contributed by atoms with Crippen LogP contribution in [0.4, 0.5) is 0 Å². The van der Waals surface area contributed by atoms with Gasteiger partial charge in [0.15, 0.2) is 0 Å². The number of nitrogens with one attached hydrogen (secondary N) is 1. The molecule has 3 rings (SSSR count). The van der Waals surface area contributed by atoms with Crippen molar-refractivity contribution in [3.05, 3.63) is 46.3 Å². The van der Waals surface area contributed by atoms with Crippen LogP contribution in [0, 0.1) is 0 Å². The third-order valence-corrected chi connectivity index (χ3v) is 4.92. The van der Waals surface area contributed by atoms with Gasteiger partial charge in [-0.3, -0.25) is 0 Å². The first-order chi connectivity index (χ1) is 13.0. The number of dihydropyridines is 1. The van der Waals surface area contributed by atoms with Gasteiger partial charge in [0.1, 0.15) is 11.0 Å². The van der Waals surface area contributed by atoms with Crippen LogP contribution >= 0.6 is 11.7 Å². The van der Waals surface area contributed by atoms with E-state index in [0.29, 0.717) is 28.1 Å². The zero-order chi connectivity index (χ0) is 19.6. The van der Waals surface area contributed by atoms with Crippen LogP contribution in [0.3, 0.4) is 0 Å². The number of hydrogen-bond acceptors (Lipinski definition) is 8. The fraction of sp³-hybridized carbons (Fsp3) is 0.368. The molecule has 1 aromatic heterocycles. The highest BCUT2D eigenvalue weighted by molar-refractivity contribution is 7.00. The van der Waals surface area contributed by atoms with Gasteiger partial charge < -0.3 is 14.8 Å².